The number of nitrogens with zero attached hydrogens (tertiary/aromatic N) is 2. The van der Waals surface area contributed by atoms with Crippen molar-refractivity contribution in [1.82, 2.24) is 0 Å². The van der Waals surface area contributed by atoms with Crippen molar-refractivity contribution in [3.05, 3.63) is 95.1 Å². The summed E-state index contributed by atoms with van der Waals surface area (Å²) in [4.78, 5) is 5.08. The highest BCUT2D eigenvalue weighted by Crippen LogP contribution is 2.20. The van der Waals surface area contributed by atoms with Gasteiger partial charge in [0.05, 0.1) is 0 Å². The van der Waals surface area contributed by atoms with Crippen LogP contribution in [0.1, 0.15) is 101 Å². The molecule has 0 N–H and O–H groups in total. The molecule has 3 rings (SSSR count). The van der Waals surface area contributed by atoms with Crippen LogP contribution in [0.3, 0.4) is 0 Å². The number of anilines is 2. The Morgan fingerprint density at radius 2 is 0.600 bits per heavy atom. The van der Waals surface area contributed by atoms with Gasteiger partial charge < -0.3 is 9.80 Å². The van der Waals surface area contributed by atoms with E-state index in [2.05, 4.69) is 135 Å². The Morgan fingerprint density at radius 3 is 0.825 bits per heavy atom. The number of hydrogen-bond acceptors (Lipinski definition) is 2. The smallest absolute Gasteiger partial charge is 0.0366 e. The van der Waals surface area contributed by atoms with E-state index >= 15 is 0 Å². The van der Waals surface area contributed by atoms with Gasteiger partial charge in [-0.3, -0.25) is 0 Å². The minimum Gasteiger partial charge on any atom is -0.372 e. The van der Waals surface area contributed by atoms with Crippen LogP contribution in [0.4, 0.5) is 11.4 Å². The Labute approximate surface area is 245 Å². The van der Waals surface area contributed by atoms with Crippen molar-refractivity contribution in [2.75, 3.05) is 36.0 Å². The molecule has 0 saturated heterocycles. The predicted molar refractivity (Wildman–Crippen MR) is 181 cm³/mol. The average Bonchev–Trinajstić information content (AvgIpc) is 3.00. The third kappa shape index (κ3) is 10.7. The van der Waals surface area contributed by atoms with Gasteiger partial charge in [0.1, 0.15) is 0 Å². The van der Waals surface area contributed by atoms with Gasteiger partial charge in [0.15, 0.2) is 0 Å². The molecule has 214 valence electrons. The second kappa shape index (κ2) is 18.2. The van der Waals surface area contributed by atoms with Crippen LogP contribution in [0.25, 0.3) is 24.3 Å². The summed E-state index contributed by atoms with van der Waals surface area (Å²) in [6.07, 6.45) is 18.8. The van der Waals surface area contributed by atoms with E-state index in [0.29, 0.717) is 0 Å². The summed E-state index contributed by atoms with van der Waals surface area (Å²) in [6, 6.07) is 26.9. The summed E-state index contributed by atoms with van der Waals surface area (Å²) in [5.74, 6) is 0. The SMILES string of the molecule is CCCCN(CCCC)c1ccc(C=Cc2ccc(C=Cc3ccc(N(CCCC)CCCC)cc3)cc2)cc1. The third-order valence-corrected chi connectivity index (χ3v) is 7.52. The number of rotatable bonds is 18. The Bertz CT molecular complexity index is 1020. The maximum atomic E-state index is 2.54. The lowest BCUT2D eigenvalue weighted by Gasteiger charge is -2.24. The molecule has 0 aliphatic heterocycles. The Balaban J connectivity index is 1.56. The molecule has 0 atom stereocenters. The van der Waals surface area contributed by atoms with Crippen molar-refractivity contribution in [2.45, 2.75) is 79.1 Å². The normalized spacial score (nSPS) is 11.5. The van der Waals surface area contributed by atoms with Gasteiger partial charge in [-0.15, -0.1) is 0 Å². The Hall–Kier alpha value is -3.26. The largest absolute Gasteiger partial charge is 0.372 e. The molecular weight excluding hydrogens is 484 g/mol. The van der Waals surface area contributed by atoms with Gasteiger partial charge in [0.25, 0.3) is 0 Å². The maximum Gasteiger partial charge on any atom is 0.0366 e. The number of hydrogen-bond donors (Lipinski definition) is 0. The highest BCUT2D eigenvalue weighted by Gasteiger charge is 2.06. The highest BCUT2D eigenvalue weighted by atomic mass is 15.1. The molecule has 0 aliphatic rings. The molecule has 0 radical (unpaired) electrons. The molecule has 2 heteroatoms. The van der Waals surface area contributed by atoms with Crippen molar-refractivity contribution in [3.63, 3.8) is 0 Å². The predicted octanol–water partition coefficient (Wildman–Crippen LogP) is 10.8. The van der Waals surface area contributed by atoms with Gasteiger partial charge >= 0.3 is 0 Å². The summed E-state index contributed by atoms with van der Waals surface area (Å²) >= 11 is 0. The molecule has 0 spiro atoms. The molecule has 0 unspecified atom stereocenters. The fourth-order valence-corrected chi connectivity index (χ4v) is 4.83. The van der Waals surface area contributed by atoms with Gasteiger partial charge in [-0.1, -0.05) is 126 Å². The van der Waals surface area contributed by atoms with Crippen LogP contribution >= 0.6 is 0 Å². The van der Waals surface area contributed by atoms with Crippen molar-refractivity contribution in [1.29, 1.82) is 0 Å². The second-order valence-corrected chi connectivity index (χ2v) is 10.9. The minimum absolute atomic E-state index is 1.15. The number of unbranched alkanes of at least 4 members (excludes halogenated alkanes) is 4. The van der Waals surface area contributed by atoms with E-state index in [1.54, 1.807) is 0 Å². The van der Waals surface area contributed by atoms with Crippen molar-refractivity contribution in [3.8, 4) is 0 Å². The summed E-state index contributed by atoms with van der Waals surface area (Å²) < 4.78 is 0. The van der Waals surface area contributed by atoms with E-state index < -0.39 is 0 Å². The van der Waals surface area contributed by atoms with E-state index in [0.717, 1.165) is 26.2 Å². The monoisotopic (exact) mass is 536 g/mol. The molecule has 0 bridgehead atoms. The van der Waals surface area contributed by atoms with Crippen molar-refractivity contribution in [2.24, 2.45) is 0 Å². The minimum atomic E-state index is 1.15. The van der Waals surface area contributed by atoms with Crippen LogP contribution in [0.15, 0.2) is 72.8 Å². The highest BCUT2D eigenvalue weighted by molar-refractivity contribution is 5.74. The first-order chi connectivity index (χ1) is 19.7. The molecule has 3 aromatic carbocycles. The van der Waals surface area contributed by atoms with Crippen LogP contribution < -0.4 is 9.80 Å². The zero-order valence-electron chi connectivity index (χ0n) is 25.6. The Kier molecular flexibility index (Phi) is 14.2. The van der Waals surface area contributed by atoms with Gasteiger partial charge in [-0.2, -0.15) is 0 Å². The van der Waals surface area contributed by atoms with E-state index in [4.69, 9.17) is 0 Å². The van der Waals surface area contributed by atoms with Crippen LogP contribution in [0.2, 0.25) is 0 Å². The molecule has 2 nitrogen and oxygen atoms in total. The van der Waals surface area contributed by atoms with Crippen LogP contribution in [-0.2, 0) is 0 Å². The lowest BCUT2D eigenvalue weighted by Crippen LogP contribution is -2.25. The lowest BCUT2D eigenvalue weighted by molar-refractivity contribution is 0.678. The van der Waals surface area contributed by atoms with Gasteiger partial charge in [-0.25, -0.2) is 0 Å². The van der Waals surface area contributed by atoms with Gasteiger partial charge in [-0.05, 0) is 72.2 Å². The first-order valence-electron chi connectivity index (χ1n) is 15.8. The number of benzene rings is 3. The average molecular weight is 537 g/mol. The molecule has 0 amide bonds. The fraction of sp³-hybridized carbons (Fsp3) is 0.421. The first kappa shape index (κ1) is 31.3. The lowest BCUT2D eigenvalue weighted by atomic mass is 10.1. The van der Waals surface area contributed by atoms with Crippen LogP contribution in [-0.4, -0.2) is 26.2 Å². The molecular formula is C38H52N2. The van der Waals surface area contributed by atoms with Gasteiger partial charge in [0.2, 0.25) is 0 Å². The zero-order chi connectivity index (χ0) is 28.4. The zero-order valence-corrected chi connectivity index (χ0v) is 25.6. The molecule has 0 saturated carbocycles. The molecule has 0 fully saturated rings. The quantitative estimate of drug-likeness (QED) is 0.149. The summed E-state index contributed by atoms with van der Waals surface area (Å²) in [5.41, 5.74) is 7.61. The van der Waals surface area contributed by atoms with Gasteiger partial charge in [0, 0.05) is 37.6 Å². The maximum absolute atomic E-state index is 2.54. The van der Waals surface area contributed by atoms with Crippen molar-refractivity contribution < 1.29 is 0 Å². The first-order valence-corrected chi connectivity index (χ1v) is 15.8. The Morgan fingerprint density at radius 1 is 0.375 bits per heavy atom. The topological polar surface area (TPSA) is 6.48 Å². The molecule has 0 aromatic heterocycles. The van der Waals surface area contributed by atoms with E-state index in [1.807, 2.05) is 0 Å². The molecule has 3 aromatic rings. The van der Waals surface area contributed by atoms with Crippen molar-refractivity contribution >= 4 is 35.7 Å². The van der Waals surface area contributed by atoms with E-state index in [-0.39, 0.29) is 0 Å². The third-order valence-electron chi connectivity index (χ3n) is 7.52. The standard InChI is InChI=1S/C38H52N2/c1-5-9-29-39(30-10-6-2)37-25-21-35(22-26-37)19-17-33-13-15-34(16-14-33)18-20-36-23-27-38(28-24-36)40(31-11-7-3)32-12-8-4/h13-28H,5-12,29-32H2,1-4H3. The fourth-order valence-electron chi connectivity index (χ4n) is 4.83. The summed E-state index contributed by atoms with van der Waals surface area (Å²) in [5, 5.41) is 0. The van der Waals surface area contributed by atoms with E-state index in [1.165, 1.54) is 85.0 Å². The van der Waals surface area contributed by atoms with Crippen LogP contribution in [0.5, 0.6) is 0 Å². The van der Waals surface area contributed by atoms with Crippen LogP contribution in [0, 0.1) is 0 Å². The molecule has 0 heterocycles. The molecule has 0 aliphatic carbocycles. The summed E-state index contributed by atoms with van der Waals surface area (Å²) in [6.45, 7) is 13.7. The van der Waals surface area contributed by atoms with E-state index in [9.17, 15) is 0 Å². The summed E-state index contributed by atoms with van der Waals surface area (Å²) in [7, 11) is 0. The second-order valence-electron chi connectivity index (χ2n) is 10.9. The molecule has 40 heavy (non-hydrogen) atoms.